The molecule has 2 rings (SSSR count). The number of aromatic nitrogens is 2. The summed E-state index contributed by atoms with van der Waals surface area (Å²) in [7, 11) is 0. The number of halogens is 3. The van der Waals surface area contributed by atoms with E-state index in [0.29, 0.717) is 0 Å². The molecule has 0 aliphatic carbocycles. The van der Waals surface area contributed by atoms with E-state index in [4.69, 9.17) is 0 Å². The van der Waals surface area contributed by atoms with Gasteiger partial charge in [-0.3, -0.25) is 14.3 Å². The van der Waals surface area contributed by atoms with Crippen LogP contribution in [0.15, 0.2) is 32.4 Å². The van der Waals surface area contributed by atoms with Gasteiger partial charge in [-0.05, 0) is 35.0 Å². The number of rotatable bonds is 2. The number of benzene rings is 1. The van der Waals surface area contributed by atoms with Gasteiger partial charge < -0.3 is 0 Å². The number of aryl methyl sites for hydroxylation is 1. The predicted molar refractivity (Wildman–Crippen MR) is 69.2 cm³/mol. The van der Waals surface area contributed by atoms with Gasteiger partial charge in [-0.15, -0.1) is 0 Å². The first-order chi connectivity index (χ1) is 8.90. The first kappa shape index (κ1) is 13.7. The fourth-order valence-corrected chi connectivity index (χ4v) is 1.99. The lowest BCUT2D eigenvalue weighted by atomic mass is 10.2. The van der Waals surface area contributed by atoms with E-state index in [1.54, 1.807) is 0 Å². The standard InChI is InChI=1S/C12H9BrF2N2O2/c1-6-4-17(12(19)16-11(6)18)5-7-9(14)3-2-8(13)10(7)15/h2-4H,5H2,1H3,(H,16,18,19). The molecule has 0 atom stereocenters. The SMILES string of the molecule is Cc1cn(Cc2c(F)ccc(Br)c2F)c(=O)[nH]c1=O. The molecule has 0 aliphatic rings. The van der Waals surface area contributed by atoms with Crippen molar-refractivity contribution in [1.82, 2.24) is 9.55 Å². The van der Waals surface area contributed by atoms with Crippen molar-refractivity contribution in [2.45, 2.75) is 13.5 Å². The third-order valence-electron chi connectivity index (χ3n) is 2.66. The van der Waals surface area contributed by atoms with Gasteiger partial charge in [0.15, 0.2) is 0 Å². The monoisotopic (exact) mass is 330 g/mol. The molecule has 1 aromatic heterocycles. The fraction of sp³-hybridized carbons (Fsp3) is 0.167. The molecule has 0 saturated carbocycles. The van der Waals surface area contributed by atoms with Gasteiger partial charge in [0.05, 0.1) is 11.0 Å². The van der Waals surface area contributed by atoms with Crippen molar-refractivity contribution in [3.63, 3.8) is 0 Å². The summed E-state index contributed by atoms with van der Waals surface area (Å²) in [6.07, 6.45) is 1.26. The summed E-state index contributed by atoms with van der Waals surface area (Å²) in [6, 6.07) is 2.35. The quantitative estimate of drug-likeness (QED) is 0.855. The van der Waals surface area contributed by atoms with Crippen molar-refractivity contribution in [3.8, 4) is 0 Å². The average Bonchev–Trinajstić information content (AvgIpc) is 2.36. The lowest BCUT2D eigenvalue weighted by Crippen LogP contribution is -2.31. The Morgan fingerprint density at radius 1 is 1.32 bits per heavy atom. The number of nitrogens with zero attached hydrogens (tertiary/aromatic N) is 1. The molecule has 100 valence electrons. The number of hydrogen-bond acceptors (Lipinski definition) is 2. The van der Waals surface area contributed by atoms with Gasteiger partial charge in [-0.25, -0.2) is 13.6 Å². The molecule has 7 heteroatoms. The maximum Gasteiger partial charge on any atom is 0.328 e. The number of H-pyrrole nitrogens is 1. The largest absolute Gasteiger partial charge is 0.328 e. The van der Waals surface area contributed by atoms with Crippen LogP contribution in [0.25, 0.3) is 0 Å². The van der Waals surface area contributed by atoms with E-state index >= 15 is 0 Å². The Morgan fingerprint density at radius 2 is 2.00 bits per heavy atom. The Morgan fingerprint density at radius 3 is 2.68 bits per heavy atom. The van der Waals surface area contributed by atoms with E-state index in [1.807, 2.05) is 0 Å². The summed E-state index contributed by atoms with van der Waals surface area (Å²) in [4.78, 5) is 24.8. The second-order valence-corrected chi connectivity index (χ2v) is 4.88. The molecule has 0 amide bonds. The van der Waals surface area contributed by atoms with E-state index in [9.17, 15) is 18.4 Å². The summed E-state index contributed by atoms with van der Waals surface area (Å²) in [5.74, 6) is -1.52. The first-order valence-corrected chi connectivity index (χ1v) is 6.12. The van der Waals surface area contributed by atoms with Crippen LogP contribution in [0.3, 0.4) is 0 Å². The van der Waals surface area contributed by atoms with Gasteiger partial charge >= 0.3 is 5.69 Å². The Kier molecular flexibility index (Phi) is 3.66. The summed E-state index contributed by atoms with van der Waals surface area (Å²) >= 11 is 2.95. The van der Waals surface area contributed by atoms with Crippen molar-refractivity contribution in [2.24, 2.45) is 0 Å². The van der Waals surface area contributed by atoms with E-state index in [-0.39, 0.29) is 22.1 Å². The molecule has 0 fully saturated rings. The number of hydrogen-bond donors (Lipinski definition) is 1. The van der Waals surface area contributed by atoms with Gasteiger partial charge in [0.2, 0.25) is 0 Å². The first-order valence-electron chi connectivity index (χ1n) is 5.33. The van der Waals surface area contributed by atoms with Crippen LogP contribution in [-0.4, -0.2) is 9.55 Å². The summed E-state index contributed by atoms with van der Waals surface area (Å²) in [5, 5.41) is 0. The minimum Gasteiger partial charge on any atom is -0.296 e. The zero-order valence-electron chi connectivity index (χ0n) is 9.84. The van der Waals surface area contributed by atoms with Crippen molar-refractivity contribution in [1.29, 1.82) is 0 Å². The van der Waals surface area contributed by atoms with E-state index < -0.39 is 22.9 Å². The third-order valence-corrected chi connectivity index (χ3v) is 3.27. The minimum atomic E-state index is -0.768. The third kappa shape index (κ3) is 2.65. The molecule has 0 saturated heterocycles. The summed E-state index contributed by atoms with van der Waals surface area (Å²) in [6.45, 7) is 1.20. The summed E-state index contributed by atoms with van der Waals surface area (Å²) < 4.78 is 28.5. The molecule has 1 N–H and O–H groups in total. The smallest absolute Gasteiger partial charge is 0.296 e. The van der Waals surface area contributed by atoms with Gasteiger partial charge in [0, 0.05) is 17.3 Å². The van der Waals surface area contributed by atoms with Gasteiger partial charge in [-0.1, -0.05) is 0 Å². The Labute approximate surface area is 114 Å². The zero-order valence-corrected chi connectivity index (χ0v) is 11.4. The molecule has 0 radical (unpaired) electrons. The normalized spacial score (nSPS) is 10.7. The van der Waals surface area contributed by atoms with E-state index in [1.165, 1.54) is 19.2 Å². The molecule has 1 aromatic carbocycles. The maximum atomic E-state index is 13.8. The molecule has 4 nitrogen and oxygen atoms in total. The highest BCUT2D eigenvalue weighted by atomic mass is 79.9. The second-order valence-electron chi connectivity index (χ2n) is 4.02. The van der Waals surface area contributed by atoms with Crippen LogP contribution in [-0.2, 0) is 6.54 Å². The van der Waals surface area contributed by atoms with Crippen LogP contribution in [0.4, 0.5) is 8.78 Å². The van der Waals surface area contributed by atoms with Crippen LogP contribution in [0, 0.1) is 18.6 Å². The lowest BCUT2D eigenvalue weighted by molar-refractivity contribution is 0.535. The maximum absolute atomic E-state index is 13.8. The van der Waals surface area contributed by atoms with Crippen LogP contribution in [0.2, 0.25) is 0 Å². The molecule has 1 heterocycles. The van der Waals surface area contributed by atoms with Crippen LogP contribution < -0.4 is 11.2 Å². The van der Waals surface area contributed by atoms with E-state index in [2.05, 4.69) is 20.9 Å². The molecule has 2 aromatic rings. The zero-order chi connectivity index (χ0) is 14.2. The van der Waals surface area contributed by atoms with Crippen molar-refractivity contribution in [3.05, 3.63) is 66.4 Å². The molecule has 0 bridgehead atoms. The van der Waals surface area contributed by atoms with Crippen LogP contribution >= 0.6 is 15.9 Å². The molecule has 19 heavy (non-hydrogen) atoms. The van der Waals surface area contributed by atoms with Crippen molar-refractivity contribution >= 4 is 15.9 Å². The predicted octanol–water partition coefficient (Wildman–Crippen LogP) is 1.93. The highest BCUT2D eigenvalue weighted by molar-refractivity contribution is 9.10. The number of aromatic amines is 1. The van der Waals surface area contributed by atoms with Crippen LogP contribution in [0.1, 0.15) is 11.1 Å². The minimum absolute atomic E-state index is 0.109. The van der Waals surface area contributed by atoms with Crippen molar-refractivity contribution in [2.75, 3.05) is 0 Å². The van der Waals surface area contributed by atoms with Gasteiger partial charge in [-0.2, -0.15) is 0 Å². The average molecular weight is 331 g/mol. The van der Waals surface area contributed by atoms with Gasteiger partial charge in [0.25, 0.3) is 5.56 Å². The molecule has 0 spiro atoms. The second kappa shape index (κ2) is 5.08. The Balaban J connectivity index is 2.54. The molecular formula is C12H9BrF2N2O2. The number of nitrogens with one attached hydrogen (secondary N) is 1. The van der Waals surface area contributed by atoms with E-state index in [0.717, 1.165) is 10.6 Å². The lowest BCUT2D eigenvalue weighted by Gasteiger charge is -2.09. The highest BCUT2D eigenvalue weighted by Crippen LogP contribution is 2.21. The van der Waals surface area contributed by atoms with Gasteiger partial charge in [0.1, 0.15) is 11.6 Å². The Bertz CT molecular complexity index is 752. The molecular weight excluding hydrogens is 322 g/mol. The van der Waals surface area contributed by atoms with Crippen LogP contribution in [0.5, 0.6) is 0 Å². The Hall–Kier alpha value is -1.76. The summed E-state index contributed by atoms with van der Waals surface area (Å²) in [5.41, 5.74) is -1.19. The fourth-order valence-electron chi connectivity index (χ4n) is 1.62. The molecule has 0 aliphatic heterocycles. The highest BCUT2D eigenvalue weighted by Gasteiger charge is 2.13. The topological polar surface area (TPSA) is 54.9 Å². The molecule has 0 unspecified atom stereocenters. The van der Waals surface area contributed by atoms with Crippen molar-refractivity contribution < 1.29 is 8.78 Å².